The molecular formula is C10H20ClNO. The molecule has 0 saturated carbocycles. The Morgan fingerprint density at radius 2 is 2.08 bits per heavy atom. The lowest BCUT2D eigenvalue weighted by molar-refractivity contribution is 0.120. The molecule has 0 bridgehead atoms. The van der Waals surface area contributed by atoms with Crippen LogP contribution in [0.1, 0.15) is 19.8 Å². The standard InChI is InChI=1S/C10H20ClNO/c1-9(11)10-3-5-12(6-4-10)7-8-13-2/h9-10H,3-8H2,1-2H3. The van der Waals surface area contributed by atoms with Gasteiger partial charge in [0, 0.05) is 19.0 Å². The van der Waals surface area contributed by atoms with E-state index in [1.165, 1.54) is 25.9 Å². The van der Waals surface area contributed by atoms with Gasteiger partial charge in [-0.3, -0.25) is 0 Å². The van der Waals surface area contributed by atoms with Gasteiger partial charge < -0.3 is 9.64 Å². The van der Waals surface area contributed by atoms with Gasteiger partial charge in [-0.05, 0) is 38.8 Å². The fourth-order valence-electron chi connectivity index (χ4n) is 1.86. The van der Waals surface area contributed by atoms with E-state index in [0.717, 1.165) is 19.1 Å². The van der Waals surface area contributed by atoms with Gasteiger partial charge >= 0.3 is 0 Å². The molecule has 3 heteroatoms. The molecule has 0 amide bonds. The van der Waals surface area contributed by atoms with Crippen LogP contribution >= 0.6 is 11.6 Å². The van der Waals surface area contributed by atoms with Gasteiger partial charge in [-0.15, -0.1) is 11.6 Å². The minimum Gasteiger partial charge on any atom is -0.383 e. The number of alkyl halides is 1. The lowest BCUT2D eigenvalue weighted by atomic mass is 9.94. The summed E-state index contributed by atoms with van der Waals surface area (Å²) in [6.07, 6.45) is 2.49. The Kier molecular flexibility index (Phi) is 5.07. The van der Waals surface area contributed by atoms with Crippen LogP contribution < -0.4 is 0 Å². The van der Waals surface area contributed by atoms with E-state index < -0.39 is 0 Å². The quantitative estimate of drug-likeness (QED) is 0.651. The van der Waals surface area contributed by atoms with Crippen molar-refractivity contribution < 1.29 is 4.74 Å². The predicted octanol–water partition coefficient (Wildman–Crippen LogP) is 1.97. The second kappa shape index (κ2) is 5.84. The Bertz CT molecular complexity index is 133. The van der Waals surface area contributed by atoms with Gasteiger partial charge in [0.25, 0.3) is 0 Å². The smallest absolute Gasteiger partial charge is 0.0589 e. The second-order valence-electron chi connectivity index (χ2n) is 3.85. The van der Waals surface area contributed by atoms with Crippen LogP contribution in [-0.2, 0) is 4.74 Å². The van der Waals surface area contributed by atoms with E-state index in [1.807, 2.05) is 0 Å². The first-order valence-electron chi connectivity index (χ1n) is 5.09. The van der Waals surface area contributed by atoms with Crippen molar-refractivity contribution in [2.75, 3.05) is 33.4 Å². The summed E-state index contributed by atoms with van der Waals surface area (Å²) in [5, 5.41) is 0.338. The summed E-state index contributed by atoms with van der Waals surface area (Å²) >= 11 is 6.07. The fourth-order valence-corrected chi connectivity index (χ4v) is 2.11. The van der Waals surface area contributed by atoms with Crippen molar-refractivity contribution in [3.05, 3.63) is 0 Å². The predicted molar refractivity (Wildman–Crippen MR) is 56.4 cm³/mol. The maximum absolute atomic E-state index is 6.07. The third kappa shape index (κ3) is 3.84. The van der Waals surface area contributed by atoms with Crippen LogP contribution in [0.2, 0.25) is 0 Å². The molecule has 1 unspecified atom stereocenters. The molecule has 13 heavy (non-hydrogen) atoms. The third-order valence-corrected chi connectivity index (χ3v) is 3.25. The van der Waals surface area contributed by atoms with Crippen molar-refractivity contribution >= 4 is 11.6 Å². The SMILES string of the molecule is COCCN1CCC(C(C)Cl)CC1. The molecular weight excluding hydrogens is 186 g/mol. The summed E-state index contributed by atoms with van der Waals surface area (Å²) in [4.78, 5) is 2.46. The average Bonchev–Trinajstić information content (AvgIpc) is 2.15. The number of piperidine rings is 1. The summed E-state index contributed by atoms with van der Waals surface area (Å²) < 4.78 is 5.05. The molecule has 0 aromatic carbocycles. The highest BCUT2D eigenvalue weighted by atomic mass is 35.5. The number of rotatable bonds is 4. The zero-order valence-corrected chi connectivity index (χ0v) is 9.39. The van der Waals surface area contributed by atoms with Crippen LogP contribution in [0.15, 0.2) is 0 Å². The molecule has 1 rings (SSSR count). The molecule has 0 aromatic rings. The maximum Gasteiger partial charge on any atom is 0.0589 e. The third-order valence-electron chi connectivity index (χ3n) is 2.89. The largest absolute Gasteiger partial charge is 0.383 e. The van der Waals surface area contributed by atoms with Gasteiger partial charge in [-0.25, -0.2) is 0 Å². The fraction of sp³-hybridized carbons (Fsp3) is 1.00. The first kappa shape index (κ1) is 11.3. The average molecular weight is 206 g/mol. The number of hydrogen-bond donors (Lipinski definition) is 0. The van der Waals surface area contributed by atoms with Crippen LogP contribution in [0.4, 0.5) is 0 Å². The van der Waals surface area contributed by atoms with Crippen LogP contribution in [0.3, 0.4) is 0 Å². The van der Waals surface area contributed by atoms with Crippen molar-refractivity contribution in [3.63, 3.8) is 0 Å². The molecule has 1 atom stereocenters. The number of halogens is 1. The highest BCUT2D eigenvalue weighted by Crippen LogP contribution is 2.23. The summed E-state index contributed by atoms with van der Waals surface area (Å²) in [6.45, 7) is 6.40. The van der Waals surface area contributed by atoms with Gasteiger partial charge in [-0.2, -0.15) is 0 Å². The minimum absolute atomic E-state index is 0.338. The molecule has 1 aliphatic rings. The Morgan fingerprint density at radius 3 is 2.54 bits per heavy atom. The molecule has 1 aliphatic heterocycles. The normalized spacial score (nSPS) is 23.3. The van der Waals surface area contributed by atoms with E-state index >= 15 is 0 Å². The van der Waals surface area contributed by atoms with Crippen molar-refractivity contribution in [3.8, 4) is 0 Å². The molecule has 0 aromatic heterocycles. The van der Waals surface area contributed by atoms with Crippen LogP contribution in [0.5, 0.6) is 0 Å². The molecule has 0 aliphatic carbocycles. The molecule has 78 valence electrons. The molecule has 0 spiro atoms. The van der Waals surface area contributed by atoms with E-state index in [9.17, 15) is 0 Å². The monoisotopic (exact) mass is 205 g/mol. The zero-order valence-electron chi connectivity index (χ0n) is 8.63. The van der Waals surface area contributed by atoms with Gasteiger partial charge in [0.15, 0.2) is 0 Å². The van der Waals surface area contributed by atoms with E-state index in [1.54, 1.807) is 7.11 Å². The van der Waals surface area contributed by atoms with Gasteiger partial charge in [0.1, 0.15) is 0 Å². The number of nitrogens with zero attached hydrogens (tertiary/aromatic N) is 1. The van der Waals surface area contributed by atoms with Gasteiger partial charge in [0.05, 0.1) is 6.61 Å². The molecule has 0 N–H and O–H groups in total. The Morgan fingerprint density at radius 1 is 1.46 bits per heavy atom. The Hall–Kier alpha value is 0.210. The van der Waals surface area contributed by atoms with Gasteiger partial charge in [0.2, 0.25) is 0 Å². The lowest BCUT2D eigenvalue weighted by Crippen LogP contribution is -2.37. The minimum atomic E-state index is 0.338. The topological polar surface area (TPSA) is 12.5 Å². The molecule has 2 nitrogen and oxygen atoms in total. The van der Waals surface area contributed by atoms with E-state index in [2.05, 4.69) is 11.8 Å². The van der Waals surface area contributed by atoms with Crippen LogP contribution in [0, 0.1) is 5.92 Å². The number of likely N-dealkylation sites (tertiary alicyclic amines) is 1. The van der Waals surface area contributed by atoms with Crippen LogP contribution in [0.25, 0.3) is 0 Å². The molecule has 1 fully saturated rings. The van der Waals surface area contributed by atoms with Crippen molar-refractivity contribution in [1.82, 2.24) is 4.90 Å². The second-order valence-corrected chi connectivity index (χ2v) is 4.54. The lowest BCUT2D eigenvalue weighted by Gasteiger charge is -2.32. The summed E-state index contributed by atoms with van der Waals surface area (Å²) in [7, 11) is 1.76. The molecule has 1 heterocycles. The maximum atomic E-state index is 6.07. The molecule has 0 radical (unpaired) electrons. The highest BCUT2D eigenvalue weighted by molar-refractivity contribution is 6.20. The Labute approximate surface area is 86.2 Å². The first-order valence-corrected chi connectivity index (χ1v) is 5.53. The van der Waals surface area contributed by atoms with E-state index in [4.69, 9.17) is 16.3 Å². The zero-order chi connectivity index (χ0) is 9.68. The first-order chi connectivity index (χ1) is 6.24. The van der Waals surface area contributed by atoms with Crippen molar-refractivity contribution in [2.24, 2.45) is 5.92 Å². The molecule has 1 saturated heterocycles. The highest BCUT2D eigenvalue weighted by Gasteiger charge is 2.21. The van der Waals surface area contributed by atoms with Gasteiger partial charge in [-0.1, -0.05) is 0 Å². The van der Waals surface area contributed by atoms with E-state index in [0.29, 0.717) is 5.38 Å². The van der Waals surface area contributed by atoms with Crippen molar-refractivity contribution in [1.29, 1.82) is 0 Å². The van der Waals surface area contributed by atoms with Crippen LogP contribution in [-0.4, -0.2) is 43.6 Å². The summed E-state index contributed by atoms with van der Waals surface area (Å²) in [5.74, 6) is 0.723. The number of ether oxygens (including phenoxy) is 1. The summed E-state index contributed by atoms with van der Waals surface area (Å²) in [6, 6.07) is 0. The Balaban J connectivity index is 2.15. The number of methoxy groups -OCH3 is 1. The van der Waals surface area contributed by atoms with E-state index in [-0.39, 0.29) is 0 Å². The number of hydrogen-bond acceptors (Lipinski definition) is 2. The summed E-state index contributed by atoms with van der Waals surface area (Å²) in [5.41, 5.74) is 0. The van der Waals surface area contributed by atoms with Crippen molar-refractivity contribution in [2.45, 2.75) is 25.1 Å².